The van der Waals surface area contributed by atoms with Gasteiger partial charge in [-0.05, 0) is 38.1 Å². The first-order valence-electron chi connectivity index (χ1n) is 7.59. The first-order chi connectivity index (χ1) is 8.24. The number of hydrogen-bond acceptors (Lipinski definition) is 2. The van der Waals surface area contributed by atoms with Gasteiger partial charge in [-0.25, -0.2) is 0 Å². The van der Waals surface area contributed by atoms with Crippen LogP contribution in [0.15, 0.2) is 0 Å². The van der Waals surface area contributed by atoms with E-state index < -0.39 is 0 Å². The summed E-state index contributed by atoms with van der Waals surface area (Å²) in [6, 6.07) is 0.711. The van der Waals surface area contributed by atoms with Crippen molar-refractivity contribution in [3.8, 4) is 0 Å². The molecule has 2 heteroatoms. The second-order valence-electron chi connectivity index (χ2n) is 5.68. The highest BCUT2D eigenvalue weighted by Gasteiger charge is 2.15. The Balaban J connectivity index is 1.97. The molecule has 0 aromatic carbocycles. The number of nitrogens with one attached hydrogen (secondary N) is 1. The van der Waals surface area contributed by atoms with E-state index >= 15 is 0 Å². The molecule has 0 radical (unpaired) electrons. The van der Waals surface area contributed by atoms with Gasteiger partial charge in [-0.1, -0.05) is 40.0 Å². The Labute approximate surface area is 108 Å². The maximum atomic E-state index is 5.65. The molecule has 1 aliphatic rings. The zero-order valence-electron chi connectivity index (χ0n) is 12.0. The summed E-state index contributed by atoms with van der Waals surface area (Å²) in [5, 5.41) is 3.59. The largest absolute Gasteiger partial charge is 0.378 e. The molecular formula is C15H31NO. The Morgan fingerprint density at radius 2 is 2.06 bits per heavy atom. The predicted molar refractivity (Wildman–Crippen MR) is 74.4 cm³/mol. The van der Waals surface area contributed by atoms with Crippen molar-refractivity contribution >= 4 is 0 Å². The van der Waals surface area contributed by atoms with Gasteiger partial charge in [0.25, 0.3) is 0 Å². The number of unbranched alkanes of at least 4 members (excludes halogenated alkanes) is 2. The molecule has 2 atom stereocenters. The molecule has 2 unspecified atom stereocenters. The fourth-order valence-corrected chi connectivity index (χ4v) is 2.72. The molecule has 0 aromatic heterocycles. The van der Waals surface area contributed by atoms with Crippen LogP contribution in [0.1, 0.15) is 65.7 Å². The molecular weight excluding hydrogens is 210 g/mol. The lowest BCUT2D eigenvalue weighted by Crippen LogP contribution is -2.33. The Morgan fingerprint density at radius 1 is 1.24 bits per heavy atom. The van der Waals surface area contributed by atoms with E-state index in [-0.39, 0.29) is 0 Å². The average Bonchev–Trinajstić information content (AvgIpc) is 2.80. The second kappa shape index (κ2) is 8.93. The summed E-state index contributed by atoms with van der Waals surface area (Å²) in [5.74, 6) is 0.758. The van der Waals surface area contributed by atoms with E-state index in [1.54, 1.807) is 0 Å². The maximum Gasteiger partial charge on any atom is 0.0576 e. The normalized spacial score (nSPS) is 22.2. The van der Waals surface area contributed by atoms with Crippen LogP contribution in [0.25, 0.3) is 0 Å². The Kier molecular flexibility index (Phi) is 7.87. The van der Waals surface area contributed by atoms with Gasteiger partial charge in [-0.2, -0.15) is 0 Å². The van der Waals surface area contributed by atoms with E-state index in [4.69, 9.17) is 4.74 Å². The first-order valence-corrected chi connectivity index (χ1v) is 7.59. The summed E-state index contributed by atoms with van der Waals surface area (Å²) in [4.78, 5) is 0. The van der Waals surface area contributed by atoms with Crippen LogP contribution in [0, 0.1) is 5.92 Å². The minimum absolute atomic E-state index is 0.588. The van der Waals surface area contributed by atoms with Crippen LogP contribution in [0.2, 0.25) is 0 Å². The molecule has 2 nitrogen and oxygen atoms in total. The minimum Gasteiger partial charge on any atom is -0.378 e. The lowest BCUT2D eigenvalue weighted by molar-refractivity contribution is 0.102. The highest BCUT2D eigenvalue weighted by atomic mass is 16.5. The molecule has 1 rings (SSSR count). The van der Waals surface area contributed by atoms with Crippen molar-refractivity contribution in [1.29, 1.82) is 0 Å². The molecule has 0 aliphatic carbocycles. The lowest BCUT2D eigenvalue weighted by Gasteiger charge is -2.21. The number of rotatable bonds is 9. The Morgan fingerprint density at radius 3 is 2.65 bits per heavy atom. The molecule has 0 bridgehead atoms. The van der Waals surface area contributed by atoms with Crippen LogP contribution >= 0.6 is 0 Å². The van der Waals surface area contributed by atoms with E-state index in [0.29, 0.717) is 12.1 Å². The zero-order valence-corrected chi connectivity index (χ0v) is 12.0. The van der Waals surface area contributed by atoms with Gasteiger partial charge in [-0.15, -0.1) is 0 Å². The monoisotopic (exact) mass is 241 g/mol. The SMILES string of the molecule is CCNC(CCCCCC1CCCO1)C(C)C. The van der Waals surface area contributed by atoms with E-state index in [2.05, 4.69) is 26.1 Å². The average molecular weight is 241 g/mol. The first kappa shape index (κ1) is 15.0. The van der Waals surface area contributed by atoms with E-state index in [1.807, 2.05) is 0 Å². The molecule has 0 aromatic rings. The summed E-state index contributed by atoms with van der Waals surface area (Å²) in [7, 11) is 0. The van der Waals surface area contributed by atoms with Crippen LogP contribution in [0.4, 0.5) is 0 Å². The summed E-state index contributed by atoms with van der Waals surface area (Å²) in [6.07, 6.45) is 9.86. The zero-order chi connectivity index (χ0) is 12.5. The molecule has 102 valence electrons. The fraction of sp³-hybridized carbons (Fsp3) is 1.00. The molecule has 1 N–H and O–H groups in total. The van der Waals surface area contributed by atoms with Crippen molar-refractivity contribution in [2.45, 2.75) is 77.9 Å². The molecule has 1 saturated heterocycles. The van der Waals surface area contributed by atoms with Gasteiger partial charge >= 0.3 is 0 Å². The Hall–Kier alpha value is -0.0800. The molecule has 17 heavy (non-hydrogen) atoms. The van der Waals surface area contributed by atoms with Gasteiger partial charge in [0.2, 0.25) is 0 Å². The van der Waals surface area contributed by atoms with Crippen LogP contribution in [0.3, 0.4) is 0 Å². The molecule has 0 spiro atoms. The van der Waals surface area contributed by atoms with Gasteiger partial charge in [0.05, 0.1) is 6.10 Å². The molecule has 0 saturated carbocycles. The summed E-state index contributed by atoms with van der Waals surface area (Å²) >= 11 is 0. The Bertz CT molecular complexity index is 176. The highest BCUT2D eigenvalue weighted by Crippen LogP contribution is 2.19. The summed E-state index contributed by atoms with van der Waals surface area (Å²) < 4.78 is 5.65. The molecule has 1 fully saturated rings. The van der Waals surface area contributed by atoms with Gasteiger partial charge < -0.3 is 10.1 Å². The van der Waals surface area contributed by atoms with Crippen LogP contribution < -0.4 is 5.32 Å². The topological polar surface area (TPSA) is 21.3 Å². The lowest BCUT2D eigenvalue weighted by atomic mass is 9.97. The standard InChI is InChI=1S/C15H31NO/c1-4-16-15(13(2)3)11-7-5-6-9-14-10-8-12-17-14/h13-16H,4-12H2,1-3H3. The van der Waals surface area contributed by atoms with Crippen molar-refractivity contribution in [3.63, 3.8) is 0 Å². The van der Waals surface area contributed by atoms with Gasteiger partial charge in [0, 0.05) is 12.6 Å². The summed E-state index contributed by atoms with van der Waals surface area (Å²) in [6.45, 7) is 8.94. The van der Waals surface area contributed by atoms with Crippen molar-refractivity contribution in [3.05, 3.63) is 0 Å². The van der Waals surface area contributed by atoms with Crippen molar-refractivity contribution in [1.82, 2.24) is 5.32 Å². The number of hydrogen-bond donors (Lipinski definition) is 1. The van der Waals surface area contributed by atoms with Crippen LogP contribution in [0.5, 0.6) is 0 Å². The fourth-order valence-electron chi connectivity index (χ4n) is 2.72. The molecule has 0 amide bonds. The maximum absolute atomic E-state index is 5.65. The third-order valence-electron chi connectivity index (χ3n) is 3.84. The molecule has 1 heterocycles. The second-order valence-corrected chi connectivity index (χ2v) is 5.68. The van der Waals surface area contributed by atoms with Crippen LogP contribution in [-0.4, -0.2) is 25.3 Å². The van der Waals surface area contributed by atoms with E-state index in [9.17, 15) is 0 Å². The van der Waals surface area contributed by atoms with E-state index in [1.165, 1.54) is 44.9 Å². The number of ether oxygens (including phenoxy) is 1. The third-order valence-corrected chi connectivity index (χ3v) is 3.84. The molecule has 1 aliphatic heterocycles. The quantitative estimate of drug-likeness (QED) is 0.621. The highest BCUT2D eigenvalue weighted by molar-refractivity contribution is 4.70. The van der Waals surface area contributed by atoms with Crippen molar-refractivity contribution in [2.24, 2.45) is 5.92 Å². The van der Waals surface area contributed by atoms with Gasteiger partial charge in [0.15, 0.2) is 0 Å². The smallest absolute Gasteiger partial charge is 0.0576 e. The van der Waals surface area contributed by atoms with Crippen molar-refractivity contribution < 1.29 is 4.74 Å². The predicted octanol–water partition coefficient (Wildman–Crippen LogP) is 3.75. The minimum atomic E-state index is 0.588. The van der Waals surface area contributed by atoms with Gasteiger partial charge in [0.1, 0.15) is 0 Å². The van der Waals surface area contributed by atoms with Crippen LogP contribution in [-0.2, 0) is 4.74 Å². The van der Waals surface area contributed by atoms with Crippen molar-refractivity contribution in [2.75, 3.05) is 13.2 Å². The summed E-state index contributed by atoms with van der Waals surface area (Å²) in [5.41, 5.74) is 0. The van der Waals surface area contributed by atoms with Gasteiger partial charge in [-0.3, -0.25) is 0 Å². The third kappa shape index (κ3) is 6.42. The van der Waals surface area contributed by atoms with E-state index in [0.717, 1.165) is 19.1 Å².